The third-order valence-corrected chi connectivity index (χ3v) is 3.63. The average Bonchev–Trinajstić information content (AvgIpc) is 2.97. The molecule has 1 heterocycles. The first-order chi connectivity index (χ1) is 8.33. The van der Waals surface area contributed by atoms with E-state index >= 15 is 0 Å². The summed E-state index contributed by atoms with van der Waals surface area (Å²) in [5.41, 5.74) is 2.67. The fraction of sp³-hybridized carbons (Fsp3) is 0.250. The summed E-state index contributed by atoms with van der Waals surface area (Å²) in [7, 11) is 0. The van der Waals surface area contributed by atoms with E-state index in [2.05, 4.69) is 27.0 Å². The summed E-state index contributed by atoms with van der Waals surface area (Å²) >= 11 is 1.13. The number of aromatic nitrogens is 2. The minimum atomic E-state index is -0.0715. The predicted molar refractivity (Wildman–Crippen MR) is 65.0 cm³/mol. The first-order valence-electron chi connectivity index (χ1n) is 5.48. The number of fused-ring (bicyclic) bond motifs is 1. The Hall–Kier alpha value is -1.75. The number of carbonyl (C=O) groups is 1. The number of hydrogen-bond acceptors (Lipinski definition) is 4. The van der Waals surface area contributed by atoms with Crippen molar-refractivity contribution in [2.75, 3.05) is 0 Å². The van der Waals surface area contributed by atoms with Gasteiger partial charge in [-0.2, -0.15) is 0 Å². The number of hydrogen-bond donors (Lipinski definition) is 1. The van der Waals surface area contributed by atoms with Crippen LogP contribution in [0.15, 0.2) is 30.5 Å². The fourth-order valence-electron chi connectivity index (χ4n) is 2.18. The van der Waals surface area contributed by atoms with Crippen LogP contribution in [0, 0.1) is 0 Å². The van der Waals surface area contributed by atoms with Crippen LogP contribution in [0.4, 0.5) is 0 Å². The molecule has 86 valence electrons. The van der Waals surface area contributed by atoms with Gasteiger partial charge in [-0.25, -0.2) is 0 Å². The molecule has 1 aliphatic carbocycles. The van der Waals surface area contributed by atoms with Crippen molar-refractivity contribution in [2.24, 2.45) is 0 Å². The van der Waals surface area contributed by atoms with Crippen LogP contribution in [-0.2, 0) is 12.8 Å². The molecule has 17 heavy (non-hydrogen) atoms. The summed E-state index contributed by atoms with van der Waals surface area (Å²) in [6, 6.07) is 8.51. The van der Waals surface area contributed by atoms with Gasteiger partial charge < -0.3 is 5.32 Å². The second-order valence-corrected chi connectivity index (χ2v) is 4.91. The molecule has 0 radical (unpaired) electrons. The second kappa shape index (κ2) is 4.25. The zero-order chi connectivity index (χ0) is 11.7. The molecule has 0 bridgehead atoms. The van der Waals surface area contributed by atoms with Crippen LogP contribution in [0.25, 0.3) is 0 Å². The van der Waals surface area contributed by atoms with E-state index in [1.54, 1.807) is 0 Å². The molecule has 0 saturated carbocycles. The van der Waals surface area contributed by atoms with E-state index in [4.69, 9.17) is 0 Å². The van der Waals surface area contributed by atoms with E-state index in [1.807, 2.05) is 12.1 Å². The maximum Gasteiger partial charge on any atom is 0.264 e. The Morgan fingerprint density at radius 2 is 2.00 bits per heavy atom. The van der Waals surface area contributed by atoms with Crippen molar-refractivity contribution in [3.8, 4) is 0 Å². The molecular formula is C12H11N3OS. The molecule has 0 saturated heterocycles. The number of benzene rings is 1. The molecule has 0 atom stereocenters. The maximum atomic E-state index is 11.8. The Kier molecular flexibility index (Phi) is 2.60. The molecule has 1 aliphatic rings. The van der Waals surface area contributed by atoms with Crippen molar-refractivity contribution in [1.82, 2.24) is 14.9 Å². The Balaban J connectivity index is 1.68. The van der Waals surface area contributed by atoms with Gasteiger partial charge in [-0.1, -0.05) is 28.8 Å². The minimum Gasteiger partial charge on any atom is -0.348 e. The second-order valence-electron chi connectivity index (χ2n) is 4.13. The molecule has 1 aromatic carbocycles. The summed E-state index contributed by atoms with van der Waals surface area (Å²) < 4.78 is 3.69. The molecule has 0 spiro atoms. The SMILES string of the molecule is O=C(NC1Cc2ccccc2C1)c1cnns1. The van der Waals surface area contributed by atoms with E-state index in [-0.39, 0.29) is 11.9 Å². The molecule has 0 unspecified atom stereocenters. The normalized spacial score (nSPS) is 14.6. The third-order valence-electron chi connectivity index (χ3n) is 2.97. The largest absolute Gasteiger partial charge is 0.348 e. The Morgan fingerprint density at radius 1 is 1.29 bits per heavy atom. The van der Waals surface area contributed by atoms with Crippen LogP contribution in [0.3, 0.4) is 0 Å². The lowest BCUT2D eigenvalue weighted by Crippen LogP contribution is -2.34. The van der Waals surface area contributed by atoms with Crippen LogP contribution in [0.2, 0.25) is 0 Å². The lowest BCUT2D eigenvalue weighted by atomic mass is 10.1. The number of rotatable bonds is 2. The number of nitrogens with zero attached hydrogens (tertiary/aromatic N) is 2. The highest BCUT2D eigenvalue weighted by molar-refractivity contribution is 7.07. The monoisotopic (exact) mass is 245 g/mol. The molecule has 1 aromatic heterocycles. The smallest absolute Gasteiger partial charge is 0.264 e. The van der Waals surface area contributed by atoms with Gasteiger partial charge in [-0.3, -0.25) is 4.79 Å². The van der Waals surface area contributed by atoms with E-state index in [0.29, 0.717) is 4.88 Å². The summed E-state index contributed by atoms with van der Waals surface area (Å²) in [5.74, 6) is -0.0715. The van der Waals surface area contributed by atoms with Gasteiger partial charge in [0, 0.05) is 6.04 Å². The molecule has 5 heteroatoms. The van der Waals surface area contributed by atoms with Crippen molar-refractivity contribution in [3.63, 3.8) is 0 Å². The zero-order valence-electron chi connectivity index (χ0n) is 9.09. The number of nitrogens with one attached hydrogen (secondary N) is 1. The van der Waals surface area contributed by atoms with Gasteiger partial charge in [-0.15, -0.1) is 5.10 Å². The van der Waals surface area contributed by atoms with Gasteiger partial charge in [0.05, 0.1) is 6.20 Å². The summed E-state index contributed by atoms with van der Waals surface area (Å²) in [4.78, 5) is 12.4. The summed E-state index contributed by atoms with van der Waals surface area (Å²) in [5, 5.41) is 6.68. The number of carbonyl (C=O) groups excluding carboxylic acids is 1. The topological polar surface area (TPSA) is 54.9 Å². The predicted octanol–water partition coefficient (Wildman–Crippen LogP) is 1.44. The molecular weight excluding hydrogens is 234 g/mol. The molecule has 4 nitrogen and oxygen atoms in total. The Labute approximate surface area is 103 Å². The minimum absolute atomic E-state index is 0.0715. The zero-order valence-corrected chi connectivity index (χ0v) is 9.91. The van der Waals surface area contributed by atoms with Gasteiger partial charge in [0.2, 0.25) is 0 Å². The molecule has 1 amide bonds. The quantitative estimate of drug-likeness (QED) is 0.871. The highest BCUT2D eigenvalue weighted by atomic mass is 32.1. The van der Waals surface area contributed by atoms with E-state index in [1.165, 1.54) is 17.3 Å². The van der Waals surface area contributed by atoms with Crippen LogP contribution in [0.1, 0.15) is 20.8 Å². The van der Waals surface area contributed by atoms with Crippen molar-refractivity contribution in [2.45, 2.75) is 18.9 Å². The van der Waals surface area contributed by atoms with E-state index < -0.39 is 0 Å². The molecule has 1 N–H and O–H groups in total. The van der Waals surface area contributed by atoms with E-state index in [0.717, 1.165) is 24.4 Å². The average molecular weight is 245 g/mol. The van der Waals surface area contributed by atoms with Crippen LogP contribution in [-0.4, -0.2) is 21.5 Å². The first kappa shape index (κ1) is 10.4. The van der Waals surface area contributed by atoms with Gasteiger partial charge in [0.25, 0.3) is 5.91 Å². The van der Waals surface area contributed by atoms with Crippen LogP contribution < -0.4 is 5.32 Å². The first-order valence-corrected chi connectivity index (χ1v) is 6.25. The summed E-state index contributed by atoms with van der Waals surface area (Å²) in [6.45, 7) is 0. The molecule has 3 rings (SSSR count). The highest BCUT2D eigenvalue weighted by Crippen LogP contribution is 2.21. The molecule has 0 aliphatic heterocycles. The fourth-order valence-corrected chi connectivity index (χ4v) is 2.60. The van der Waals surface area contributed by atoms with E-state index in [9.17, 15) is 4.79 Å². The van der Waals surface area contributed by atoms with Crippen molar-refractivity contribution in [3.05, 3.63) is 46.5 Å². The van der Waals surface area contributed by atoms with Crippen molar-refractivity contribution in [1.29, 1.82) is 0 Å². The standard InChI is InChI=1S/C12H11N3OS/c16-12(11-7-13-15-17-11)14-10-5-8-3-1-2-4-9(8)6-10/h1-4,7,10H,5-6H2,(H,14,16). The van der Waals surface area contributed by atoms with Gasteiger partial charge >= 0.3 is 0 Å². The highest BCUT2D eigenvalue weighted by Gasteiger charge is 2.23. The Morgan fingerprint density at radius 3 is 2.59 bits per heavy atom. The van der Waals surface area contributed by atoms with Gasteiger partial charge in [-0.05, 0) is 35.5 Å². The lowest BCUT2D eigenvalue weighted by molar-refractivity contribution is 0.0942. The molecule has 2 aromatic rings. The van der Waals surface area contributed by atoms with Crippen LogP contribution in [0.5, 0.6) is 0 Å². The van der Waals surface area contributed by atoms with Crippen molar-refractivity contribution >= 4 is 17.4 Å². The van der Waals surface area contributed by atoms with Gasteiger partial charge in [0.1, 0.15) is 4.88 Å². The third kappa shape index (κ3) is 2.06. The summed E-state index contributed by atoms with van der Waals surface area (Å²) in [6.07, 6.45) is 3.32. The van der Waals surface area contributed by atoms with Crippen LogP contribution >= 0.6 is 11.5 Å². The lowest BCUT2D eigenvalue weighted by Gasteiger charge is -2.10. The number of amides is 1. The van der Waals surface area contributed by atoms with Gasteiger partial charge in [0.15, 0.2) is 0 Å². The van der Waals surface area contributed by atoms with Crippen molar-refractivity contribution < 1.29 is 4.79 Å². The maximum absolute atomic E-state index is 11.8. The Bertz CT molecular complexity index is 513. The molecule has 0 fully saturated rings.